The van der Waals surface area contributed by atoms with Crippen molar-refractivity contribution in [3.8, 4) is 0 Å². The average Bonchev–Trinajstić information content (AvgIpc) is 2.25. The molecule has 2 aromatic heterocycles. The van der Waals surface area contributed by atoms with E-state index in [1.54, 1.807) is 24.8 Å². The Balaban J connectivity index is 2.26. The zero-order valence-corrected chi connectivity index (χ0v) is 8.13. The lowest BCUT2D eigenvalue weighted by atomic mass is 10.3. The van der Waals surface area contributed by atoms with Crippen LogP contribution in [0.1, 0.15) is 5.56 Å². The van der Waals surface area contributed by atoms with Crippen molar-refractivity contribution in [3.05, 3.63) is 58.8 Å². The van der Waals surface area contributed by atoms with Crippen LogP contribution in [0.25, 0.3) is 0 Å². The summed E-state index contributed by atoms with van der Waals surface area (Å²) in [6.45, 7) is 0.665. The van der Waals surface area contributed by atoms with Crippen LogP contribution < -0.4 is 11.2 Å². The SMILES string of the molecule is Nc1cn(Cc2cccnc2)ccc1=O. The van der Waals surface area contributed by atoms with Crippen LogP contribution in [0.2, 0.25) is 0 Å². The minimum atomic E-state index is -0.141. The highest BCUT2D eigenvalue weighted by molar-refractivity contribution is 5.33. The first-order chi connectivity index (χ1) is 7.25. The third-order valence-corrected chi connectivity index (χ3v) is 2.09. The van der Waals surface area contributed by atoms with Gasteiger partial charge < -0.3 is 10.3 Å². The van der Waals surface area contributed by atoms with Crippen LogP contribution in [0, 0.1) is 0 Å². The molecule has 0 saturated heterocycles. The zero-order valence-electron chi connectivity index (χ0n) is 8.13. The van der Waals surface area contributed by atoms with Crippen molar-refractivity contribution in [3.63, 3.8) is 0 Å². The molecule has 4 heteroatoms. The molecule has 0 aliphatic rings. The third-order valence-electron chi connectivity index (χ3n) is 2.09. The first-order valence-electron chi connectivity index (χ1n) is 4.60. The molecule has 0 aliphatic carbocycles. The monoisotopic (exact) mass is 201 g/mol. The van der Waals surface area contributed by atoms with Crippen molar-refractivity contribution in [2.75, 3.05) is 5.73 Å². The maximum atomic E-state index is 11.1. The first-order valence-corrected chi connectivity index (χ1v) is 4.60. The Morgan fingerprint density at radius 1 is 1.40 bits per heavy atom. The Morgan fingerprint density at radius 2 is 2.27 bits per heavy atom. The molecule has 4 nitrogen and oxygen atoms in total. The summed E-state index contributed by atoms with van der Waals surface area (Å²) in [6.07, 6.45) is 6.86. The van der Waals surface area contributed by atoms with Crippen molar-refractivity contribution in [1.82, 2.24) is 9.55 Å². The van der Waals surface area contributed by atoms with Gasteiger partial charge in [0.1, 0.15) is 0 Å². The molecule has 0 fully saturated rings. The first kappa shape index (κ1) is 9.45. The lowest BCUT2D eigenvalue weighted by Crippen LogP contribution is -2.11. The molecule has 0 amide bonds. The highest BCUT2D eigenvalue weighted by Gasteiger charge is 1.96. The van der Waals surface area contributed by atoms with E-state index in [0.29, 0.717) is 6.54 Å². The number of anilines is 1. The van der Waals surface area contributed by atoms with E-state index < -0.39 is 0 Å². The van der Waals surface area contributed by atoms with Crippen LogP contribution in [0.5, 0.6) is 0 Å². The highest BCUT2D eigenvalue weighted by atomic mass is 16.1. The van der Waals surface area contributed by atoms with Crippen LogP contribution in [-0.2, 0) is 6.54 Å². The van der Waals surface area contributed by atoms with Gasteiger partial charge in [0.15, 0.2) is 0 Å². The maximum Gasteiger partial charge on any atom is 0.204 e. The smallest absolute Gasteiger partial charge is 0.204 e. The molecule has 2 heterocycles. The number of hydrogen-bond acceptors (Lipinski definition) is 3. The normalized spacial score (nSPS) is 10.1. The Kier molecular flexibility index (Phi) is 2.49. The molecule has 0 radical (unpaired) electrons. The fraction of sp³-hybridized carbons (Fsp3) is 0.0909. The van der Waals surface area contributed by atoms with Crippen LogP contribution in [0.15, 0.2) is 47.8 Å². The van der Waals surface area contributed by atoms with Gasteiger partial charge in [-0.15, -0.1) is 0 Å². The fourth-order valence-corrected chi connectivity index (χ4v) is 1.35. The van der Waals surface area contributed by atoms with Gasteiger partial charge in [0.25, 0.3) is 0 Å². The second-order valence-corrected chi connectivity index (χ2v) is 3.30. The summed E-state index contributed by atoms with van der Waals surface area (Å²) in [5.74, 6) is 0. The van der Waals surface area contributed by atoms with Crippen molar-refractivity contribution >= 4 is 5.69 Å². The van der Waals surface area contributed by atoms with Gasteiger partial charge in [-0.3, -0.25) is 9.78 Å². The summed E-state index contributed by atoms with van der Waals surface area (Å²) in [7, 11) is 0. The summed E-state index contributed by atoms with van der Waals surface area (Å²) >= 11 is 0. The van der Waals surface area contributed by atoms with E-state index in [1.807, 2.05) is 16.7 Å². The number of aromatic nitrogens is 2. The van der Waals surface area contributed by atoms with E-state index in [0.717, 1.165) is 5.56 Å². The van der Waals surface area contributed by atoms with Crippen molar-refractivity contribution in [1.29, 1.82) is 0 Å². The van der Waals surface area contributed by atoms with Gasteiger partial charge in [-0.25, -0.2) is 0 Å². The number of nitrogens with zero attached hydrogens (tertiary/aromatic N) is 2. The molecule has 0 spiro atoms. The second kappa shape index (κ2) is 3.96. The third kappa shape index (κ3) is 2.22. The number of nitrogens with two attached hydrogens (primary N) is 1. The quantitative estimate of drug-likeness (QED) is 0.784. The maximum absolute atomic E-state index is 11.1. The Labute approximate surface area is 87.0 Å². The molecule has 0 bridgehead atoms. The molecular weight excluding hydrogens is 190 g/mol. The van der Waals surface area contributed by atoms with Gasteiger partial charge in [0, 0.05) is 37.4 Å². The minimum Gasteiger partial charge on any atom is -0.394 e. The average molecular weight is 201 g/mol. The highest BCUT2D eigenvalue weighted by Crippen LogP contribution is 2.01. The molecule has 2 rings (SSSR count). The molecule has 0 unspecified atom stereocenters. The van der Waals surface area contributed by atoms with Crippen molar-refractivity contribution < 1.29 is 0 Å². The molecule has 76 valence electrons. The van der Waals surface area contributed by atoms with Gasteiger partial charge in [0.2, 0.25) is 5.43 Å². The number of pyridine rings is 2. The Morgan fingerprint density at radius 3 is 2.93 bits per heavy atom. The van der Waals surface area contributed by atoms with E-state index in [-0.39, 0.29) is 11.1 Å². The van der Waals surface area contributed by atoms with Crippen LogP contribution >= 0.6 is 0 Å². The summed E-state index contributed by atoms with van der Waals surface area (Å²) in [6, 6.07) is 5.31. The summed E-state index contributed by atoms with van der Waals surface area (Å²) < 4.78 is 1.85. The van der Waals surface area contributed by atoms with E-state index in [1.165, 1.54) is 6.07 Å². The van der Waals surface area contributed by atoms with Crippen LogP contribution in [-0.4, -0.2) is 9.55 Å². The number of rotatable bonds is 2. The molecule has 2 aromatic rings. The lowest BCUT2D eigenvalue weighted by molar-refractivity contribution is 0.787. The van der Waals surface area contributed by atoms with E-state index in [2.05, 4.69) is 4.98 Å². The summed E-state index contributed by atoms with van der Waals surface area (Å²) in [4.78, 5) is 15.1. The molecule has 0 aliphatic heterocycles. The van der Waals surface area contributed by atoms with E-state index in [9.17, 15) is 4.79 Å². The van der Waals surface area contributed by atoms with Crippen molar-refractivity contribution in [2.45, 2.75) is 6.54 Å². The van der Waals surface area contributed by atoms with Gasteiger partial charge in [0.05, 0.1) is 5.69 Å². The van der Waals surface area contributed by atoms with E-state index in [4.69, 9.17) is 5.73 Å². The minimum absolute atomic E-state index is 0.141. The molecular formula is C11H11N3O. The summed E-state index contributed by atoms with van der Waals surface area (Å²) in [5, 5.41) is 0. The second-order valence-electron chi connectivity index (χ2n) is 3.30. The summed E-state index contributed by atoms with van der Waals surface area (Å²) in [5.41, 5.74) is 6.72. The molecule has 15 heavy (non-hydrogen) atoms. The van der Waals surface area contributed by atoms with Gasteiger partial charge in [-0.05, 0) is 11.6 Å². The molecule has 2 N–H and O–H groups in total. The van der Waals surface area contributed by atoms with Crippen LogP contribution in [0.3, 0.4) is 0 Å². The zero-order chi connectivity index (χ0) is 10.7. The standard InChI is InChI=1S/C11H11N3O/c12-10-8-14(5-3-11(10)15)7-9-2-1-4-13-6-9/h1-6,8H,7,12H2. The Hall–Kier alpha value is -2.10. The predicted molar refractivity (Wildman–Crippen MR) is 58.5 cm³/mol. The molecule has 0 atom stereocenters. The largest absolute Gasteiger partial charge is 0.394 e. The van der Waals surface area contributed by atoms with Gasteiger partial charge >= 0.3 is 0 Å². The Bertz CT molecular complexity index is 505. The number of hydrogen-bond donors (Lipinski definition) is 1. The molecule has 0 saturated carbocycles. The molecule has 0 aromatic carbocycles. The van der Waals surface area contributed by atoms with E-state index >= 15 is 0 Å². The fourth-order valence-electron chi connectivity index (χ4n) is 1.35. The predicted octanol–water partition coefficient (Wildman–Crippen LogP) is 0.874. The van der Waals surface area contributed by atoms with Crippen molar-refractivity contribution in [2.24, 2.45) is 0 Å². The van der Waals surface area contributed by atoms with Gasteiger partial charge in [-0.1, -0.05) is 6.07 Å². The number of nitrogen functional groups attached to an aromatic ring is 1. The van der Waals surface area contributed by atoms with Crippen LogP contribution in [0.4, 0.5) is 5.69 Å². The van der Waals surface area contributed by atoms with Gasteiger partial charge in [-0.2, -0.15) is 0 Å². The lowest BCUT2D eigenvalue weighted by Gasteiger charge is -2.06. The topological polar surface area (TPSA) is 60.9 Å².